The van der Waals surface area contributed by atoms with Crippen LogP contribution >= 0.6 is 0 Å². The molecule has 0 N–H and O–H groups in total. The zero-order valence-electron chi connectivity index (χ0n) is 28.3. The molecule has 5 aromatic heterocycles. The molecule has 7 aromatic carbocycles. The van der Waals surface area contributed by atoms with E-state index in [1.54, 1.807) is 0 Å². The fourth-order valence-corrected chi connectivity index (χ4v) is 8.61. The summed E-state index contributed by atoms with van der Waals surface area (Å²) in [6, 6.07) is 59.8. The van der Waals surface area contributed by atoms with Gasteiger partial charge in [-0.15, -0.1) is 0 Å². The van der Waals surface area contributed by atoms with E-state index in [4.69, 9.17) is 15.0 Å². The Balaban J connectivity index is 1.29. The molecule has 0 bridgehead atoms. The number of hydrogen-bond acceptors (Lipinski definition) is 3. The highest BCUT2D eigenvalue weighted by atomic mass is 15.2. The molecule has 6 heteroatoms. The Labute approximate surface area is 302 Å². The lowest BCUT2D eigenvalue weighted by Gasteiger charge is -2.13. The molecule has 53 heavy (non-hydrogen) atoms. The Bertz CT molecular complexity index is 3450. The second-order valence-electron chi connectivity index (χ2n) is 13.6. The van der Waals surface area contributed by atoms with Crippen molar-refractivity contribution in [2.75, 3.05) is 0 Å². The van der Waals surface area contributed by atoms with Crippen LogP contribution in [0.15, 0.2) is 170 Å². The molecule has 0 aliphatic rings. The van der Waals surface area contributed by atoms with Crippen LogP contribution in [0.25, 0.3) is 105 Å². The van der Waals surface area contributed by atoms with Crippen molar-refractivity contribution >= 4 is 82.1 Å². The SMILES string of the molecule is c1ccc(-c2nc(-n3c4ccccc4c4c3c3ccccc3c3nc5c6c(ccc5n34)c3ccccc3n6-c3ccccc3)nc3ccccc23)cc1. The number of aromatic nitrogens is 6. The molecule has 0 spiro atoms. The van der Waals surface area contributed by atoms with E-state index in [9.17, 15) is 0 Å². The lowest BCUT2D eigenvalue weighted by atomic mass is 10.1. The summed E-state index contributed by atoms with van der Waals surface area (Å²) >= 11 is 0. The number of hydrogen-bond donors (Lipinski definition) is 0. The fourth-order valence-electron chi connectivity index (χ4n) is 8.61. The van der Waals surface area contributed by atoms with Gasteiger partial charge in [-0.2, -0.15) is 0 Å². The minimum atomic E-state index is 0.634. The number of pyridine rings is 1. The van der Waals surface area contributed by atoms with Crippen LogP contribution in [0.5, 0.6) is 0 Å². The molecule has 6 nitrogen and oxygen atoms in total. The first-order valence-electron chi connectivity index (χ1n) is 17.9. The zero-order valence-corrected chi connectivity index (χ0v) is 28.3. The van der Waals surface area contributed by atoms with Gasteiger partial charge in [0.1, 0.15) is 11.2 Å². The lowest BCUT2D eigenvalue weighted by molar-refractivity contribution is 1.02. The van der Waals surface area contributed by atoms with Crippen LogP contribution in [-0.2, 0) is 0 Å². The first kappa shape index (κ1) is 28.4. The number of imidazole rings is 1. The molecule has 12 rings (SSSR count). The highest BCUT2D eigenvalue weighted by Gasteiger charge is 2.25. The maximum atomic E-state index is 5.59. The predicted molar refractivity (Wildman–Crippen MR) is 217 cm³/mol. The summed E-state index contributed by atoms with van der Waals surface area (Å²) in [6.07, 6.45) is 0. The number of para-hydroxylation sites is 4. The molecule has 0 saturated carbocycles. The molecule has 0 amide bonds. The standard InChI is InChI=1S/C47H28N6/c1-3-15-29(16-4-1)41-35-22-9-12-24-37(35)48-47(50-41)53-39-26-14-11-23-36(39)45-44(53)32-20-7-8-21-34(32)46-49-42-40(52(45)46)28-27-33-31-19-10-13-25-38(31)51(43(33)42)30-17-5-2-6-18-30/h1-28H. The second-order valence-corrected chi connectivity index (χ2v) is 13.6. The molecule has 0 atom stereocenters. The van der Waals surface area contributed by atoms with Gasteiger partial charge in [-0.1, -0.05) is 127 Å². The average molecular weight is 677 g/mol. The Hall–Kier alpha value is -7.31. The van der Waals surface area contributed by atoms with Crippen LogP contribution in [-0.4, -0.2) is 28.5 Å². The van der Waals surface area contributed by atoms with Gasteiger partial charge in [0, 0.05) is 43.6 Å². The van der Waals surface area contributed by atoms with Crippen LogP contribution in [0.1, 0.15) is 0 Å². The number of benzene rings is 7. The van der Waals surface area contributed by atoms with Crippen LogP contribution < -0.4 is 0 Å². The predicted octanol–water partition coefficient (Wildman–Crippen LogP) is 11.4. The molecule has 0 unspecified atom stereocenters. The minimum Gasteiger partial charge on any atom is -0.307 e. The van der Waals surface area contributed by atoms with E-state index in [0.717, 1.165) is 88.3 Å². The van der Waals surface area contributed by atoms with Crippen molar-refractivity contribution < 1.29 is 0 Å². The van der Waals surface area contributed by atoms with E-state index in [1.165, 1.54) is 10.8 Å². The van der Waals surface area contributed by atoms with Crippen molar-refractivity contribution in [1.29, 1.82) is 0 Å². The first-order valence-corrected chi connectivity index (χ1v) is 17.9. The summed E-state index contributed by atoms with van der Waals surface area (Å²) in [7, 11) is 0. The van der Waals surface area contributed by atoms with E-state index < -0.39 is 0 Å². The maximum absolute atomic E-state index is 5.59. The molecule has 0 aliphatic heterocycles. The molecule has 0 radical (unpaired) electrons. The highest BCUT2D eigenvalue weighted by Crippen LogP contribution is 2.42. The Morgan fingerprint density at radius 2 is 0.962 bits per heavy atom. The van der Waals surface area contributed by atoms with Crippen LogP contribution in [0.4, 0.5) is 0 Å². The molecule has 0 fully saturated rings. The van der Waals surface area contributed by atoms with Crippen molar-refractivity contribution in [3.8, 4) is 22.9 Å². The quantitative estimate of drug-likeness (QED) is 0.187. The van der Waals surface area contributed by atoms with Gasteiger partial charge in [0.25, 0.3) is 0 Å². The average Bonchev–Trinajstić information content (AvgIpc) is 3.89. The van der Waals surface area contributed by atoms with Gasteiger partial charge in [0.05, 0.1) is 44.3 Å². The van der Waals surface area contributed by atoms with Gasteiger partial charge in [-0.05, 0) is 42.5 Å². The molecule has 246 valence electrons. The van der Waals surface area contributed by atoms with E-state index in [-0.39, 0.29) is 0 Å². The van der Waals surface area contributed by atoms with Gasteiger partial charge in [-0.25, -0.2) is 15.0 Å². The number of nitrogens with zero attached hydrogens (tertiary/aromatic N) is 6. The summed E-state index contributed by atoms with van der Waals surface area (Å²) in [6.45, 7) is 0. The Morgan fingerprint density at radius 3 is 1.75 bits per heavy atom. The lowest BCUT2D eigenvalue weighted by Crippen LogP contribution is -2.04. The molecule has 0 aliphatic carbocycles. The zero-order chi connectivity index (χ0) is 34.6. The van der Waals surface area contributed by atoms with Gasteiger partial charge in [-0.3, -0.25) is 8.97 Å². The van der Waals surface area contributed by atoms with Gasteiger partial charge < -0.3 is 4.57 Å². The van der Waals surface area contributed by atoms with Crippen LogP contribution in [0, 0.1) is 0 Å². The van der Waals surface area contributed by atoms with Gasteiger partial charge >= 0.3 is 0 Å². The minimum absolute atomic E-state index is 0.634. The van der Waals surface area contributed by atoms with E-state index in [2.05, 4.69) is 171 Å². The highest BCUT2D eigenvalue weighted by molar-refractivity contribution is 6.24. The Morgan fingerprint density at radius 1 is 0.358 bits per heavy atom. The number of fused-ring (bicyclic) bond motifs is 15. The molecular weight excluding hydrogens is 649 g/mol. The third-order valence-corrected chi connectivity index (χ3v) is 10.8. The topological polar surface area (TPSA) is 52.9 Å². The largest absolute Gasteiger partial charge is 0.307 e. The summed E-state index contributed by atoms with van der Waals surface area (Å²) in [4.78, 5) is 16.2. The third kappa shape index (κ3) is 3.84. The third-order valence-electron chi connectivity index (χ3n) is 10.8. The van der Waals surface area contributed by atoms with E-state index in [1.807, 2.05) is 12.1 Å². The van der Waals surface area contributed by atoms with Crippen molar-refractivity contribution in [1.82, 2.24) is 28.5 Å². The first-order chi connectivity index (χ1) is 26.3. The smallest absolute Gasteiger partial charge is 0.235 e. The second kappa shape index (κ2) is 10.6. The number of rotatable bonds is 3. The van der Waals surface area contributed by atoms with Gasteiger partial charge in [0.15, 0.2) is 0 Å². The summed E-state index contributed by atoms with van der Waals surface area (Å²) in [5, 5.41) is 6.69. The summed E-state index contributed by atoms with van der Waals surface area (Å²) in [5.74, 6) is 0.634. The normalized spacial score (nSPS) is 12.2. The summed E-state index contributed by atoms with van der Waals surface area (Å²) in [5.41, 5.74) is 12.3. The summed E-state index contributed by atoms with van der Waals surface area (Å²) < 4.78 is 7.00. The Kier molecular flexibility index (Phi) is 5.68. The van der Waals surface area contributed by atoms with E-state index >= 15 is 0 Å². The monoisotopic (exact) mass is 676 g/mol. The maximum Gasteiger partial charge on any atom is 0.235 e. The molecule has 5 heterocycles. The van der Waals surface area contributed by atoms with Gasteiger partial charge in [0.2, 0.25) is 5.95 Å². The van der Waals surface area contributed by atoms with Crippen molar-refractivity contribution in [2.45, 2.75) is 0 Å². The fraction of sp³-hybridized carbons (Fsp3) is 0. The van der Waals surface area contributed by atoms with Crippen molar-refractivity contribution in [3.05, 3.63) is 170 Å². The van der Waals surface area contributed by atoms with Crippen LogP contribution in [0.2, 0.25) is 0 Å². The van der Waals surface area contributed by atoms with Crippen molar-refractivity contribution in [2.24, 2.45) is 0 Å². The van der Waals surface area contributed by atoms with E-state index in [0.29, 0.717) is 5.95 Å². The van der Waals surface area contributed by atoms with Crippen molar-refractivity contribution in [3.63, 3.8) is 0 Å². The molecule has 0 saturated heterocycles. The molecule has 12 aromatic rings. The van der Waals surface area contributed by atoms with Crippen LogP contribution in [0.3, 0.4) is 0 Å². The molecular formula is C47H28N6.